The number of carbonyl (C=O) groups is 2. The van der Waals surface area contributed by atoms with Crippen LogP contribution in [0.1, 0.15) is 36.7 Å². The number of sulfonamides is 1. The van der Waals surface area contributed by atoms with Crippen molar-refractivity contribution in [1.29, 1.82) is 0 Å². The molecule has 0 saturated heterocycles. The van der Waals surface area contributed by atoms with Crippen molar-refractivity contribution in [2.75, 3.05) is 6.54 Å². The van der Waals surface area contributed by atoms with Crippen molar-refractivity contribution in [3.05, 3.63) is 29.3 Å². The highest BCUT2D eigenvalue weighted by Gasteiger charge is 2.25. The highest BCUT2D eigenvalue weighted by Crippen LogP contribution is 2.16. The van der Waals surface area contributed by atoms with Gasteiger partial charge < -0.3 is 10.4 Å². The molecule has 0 spiro atoms. The summed E-state index contributed by atoms with van der Waals surface area (Å²) in [4.78, 5) is 23.5. The number of rotatable bonds is 7. The number of carboxylic acid groups (broad SMARTS) is 1. The maximum atomic E-state index is 12.3. The largest absolute Gasteiger partial charge is 0.480 e. The third kappa shape index (κ3) is 4.77. The normalized spacial score (nSPS) is 12.9. The van der Waals surface area contributed by atoms with Crippen LogP contribution in [-0.4, -0.2) is 38.0 Å². The Bertz CT molecular complexity index is 698. The van der Waals surface area contributed by atoms with Gasteiger partial charge in [-0.25, -0.2) is 17.9 Å². The van der Waals surface area contributed by atoms with Crippen molar-refractivity contribution in [3.63, 3.8) is 0 Å². The Morgan fingerprint density at radius 3 is 2.35 bits per heavy atom. The lowest BCUT2D eigenvalue weighted by Crippen LogP contribution is -2.44. The van der Waals surface area contributed by atoms with Crippen LogP contribution in [0.2, 0.25) is 0 Å². The first-order valence-electron chi connectivity index (χ1n) is 7.24. The maximum absolute atomic E-state index is 12.3. The van der Waals surface area contributed by atoms with E-state index in [0.717, 1.165) is 0 Å². The van der Waals surface area contributed by atoms with Gasteiger partial charge in [-0.15, -0.1) is 0 Å². The Kier molecular flexibility index (Phi) is 6.28. The van der Waals surface area contributed by atoms with Crippen molar-refractivity contribution in [1.82, 2.24) is 10.0 Å². The van der Waals surface area contributed by atoms with Crippen LogP contribution in [0.15, 0.2) is 23.1 Å². The maximum Gasteiger partial charge on any atom is 0.326 e. The van der Waals surface area contributed by atoms with E-state index in [-0.39, 0.29) is 22.9 Å². The molecule has 8 heteroatoms. The Morgan fingerprint density at radius 2 is 1.87 bits per heavy atom. The second-order valence-corrected chi connectivity index (χ2v) is 7.28. The summed E-state index contributed by atoms with van der Waals surface area (Å²) in [5.41, 5.74) is 0.696. The molecule has 1 aromatic rings. The first-order valence-corrected chi connectivity index (χ1v) is 8.72. The van der Waals surface area contributed by atoms with E-state index in [0.29, 0.717) is 5.56 Å². The zero-order valence-electron chi connectivity index (χ0n) is 13.6. The molecule has 0 radical (unpaired) electrons. The van der Waals surface area contributed by atoms with Crippen molar-refractivity contribution in [2.45, 2.75) is 38.6 Å². The molecule has 0 heterocycles. The van der Waals surface area contributed by atoms with Crippen molar-refractivity contribution >= 4 is 21.9 Å². The fourth-order valence-electron chi connectivity index (χ4n) is 2.02. The third-order valence-corrected chi connectivity index (χ3v) is 4.86. The summed E-state index contributed by atoms with van der Waals surface area (Å²) in [5.74, 6) is -2.05. The molecule has 0 bridgehead atoms. The molecule has 0 aliphatic rings. The summed E-state index contributed by atoms with van der Waals surface area (Å²) in [7, 11) is -3.69. The van der Waals surface area contributed by atoms with Gasteiger partial charge in [0, 0.05) is 12.1 Å². The molecule has 0 aliphatic carbocycles. The van der Waals surface area contributed by atoms with E-state index < -0.39 is 27.9 Å². The van der Waals surface area contributed by atoms with E-state index in [1.165, 1.54) is 18.2 Å². The Hall–Kier alpha value is -1.93. The average Bonchev–Trinajstić information content (AvgIpc) is 2.43. The number of carboxylic acids is 1. The summed E-state index contributed by atoms with van der Waals surface area (Å²) in [6, 6.07) is 3.13. The molecule has 1 aromatic carbocycles. The molecule has 1 rings (SSSR count). The second-order valence-electron chi connectivity index (χ2n) is 5.51. The predicted molar refractivity (Wildman–Crippen MR) is 85.8 cm³/mol. The van der Waals surface area contributed by atoms with E-state index in [2.05, 4.69) is 10.0 Å². The van der Waals surface area contributed by atoms with E-state index in [1.807, 2.05) is 0 Å². The first kappa shape index (κ1) is 19.1. The third-order valence-electron chi connectivity index (χ3n) is 3.32. The van der Waals surface area contributed by atoms with Gasteiger partial charge in [-0.1, -0.05) is 26.8 Å². The summed E-state index contributed by atoms with van der Waals surface area (Å²) in [6.07, 6.45) is 0. The fourth-order valence-corrected chi connectivity index (χ4v) is 3.09. The van der Waals surface area contributed by atoms with Crippen LogP contribution in [-0.2, 0) is 14.8 Å². The lowest BCUT2D eigenvalue weighted by Gasteiger charge is -2.19. The van der Waals surface area contributed by atoms with Crippen molar-refractivity contribution in [3.8, 4) is 0 Å². The molecule has 1 amide bonds. The number of benzene rings is 1. The molecular formula is C15H22N2O5S. The summed E-state index contributed by atoms with van der Waals surface area (Å²) in [5, 5.41) is 11.6. The van der Waals surface area contributed by atoms with Crippen LogP contribution in [0.3, 0.4) is 0 Å². The molecule has 0 unspecified atom stereocenters. The standard InChI is InChI=1S/C15H22N2O5S/c1-5-16-23(21,22)11-7-6-10(4)12(8-11)14(18)17-13(9(2)3)15(19)20/h6-9,13,16H,5H2,1-4H3,(H,17,18)(H,19,20)/t13-/m0/s1. The van der Waals surface area contributed by atoms with Crippen molar-refractivity contribution in [2.24, 2.45) is 5.92 Å². The van der Waals surface area contributed by atoms with E-state index >= 15 is 0 Å². The SMILES string of the molecule is CCNS(=O)(=O)c1ccc(C)c(C(=O)N[C@H](C(=O)O)C(C)C)c1. The summed E-state index contributed by atoms with van der Waals surface area (Å²) >= 11 is 0. The fraction of sp³-hybridized carbons (Fsp3) is 0.467. The number of hydrogen-bond donors (Lipinski definition) is 3. The molecule has 3 N–H and O–H groups in total. The molecule has 1 atom stereocenters. The van der Waals surface area contributed by atoms with Crippen LogP contribution in [0.5, 0.6) is 0 Å². The van der Waals surface area contributed by atoms with Crippen LogP contribution in [0, 0.1) is 12.8 Å². The molecule has 0 aromatic heterocycles. The Balaban J connectivity index is 3.17. The zero-order valence-corrected chi connectivity index (χ0v) is 14.4. The lowest BCUT2D eigenvalue weighted by molar-refractivity contribution is -0.140. The minimum absolute atomic E-state index is 0.0356. The van der Waals surface area contributed by atoms with Gasteiger partial charge in [-0.05, 0) is 30.5 Å². The smallest absolute Gasteiger partial charge is 0.326 e. The summed E-state index contributed by atoms with van der Waals surface area (Å²) in [6.45, 7) is 6.89. The molecule has 0 aliphatic heterocycles. The molecule has 0 fully saturated rings. The number of hydrogen-bond acceptors (Lipinski definition) is 4. The van der Waals surface area contributed by atoms with Crippen LogP contribution >= 0.6 is 0 Å². The monoisotopic (exact) mass is 342 g/mol. The molecule has 128 valence electrons. The van der Waals surface area contributed by atoms with Gasteiger partial charge in [-0.2, -0.15) is 0 Å². The average molecular weight is 342 g/mol. The molecule has 0 saturated carbocycles. The lowest BCUT2D eigenvalue weighted by atomic mass is 10.0. The van der Waals surface area contributed by atoms with E-state index in [1.54, 1.807) is 27.7 Å². The number of amides is 1. The zero-order chi connectivity index (χ0) is 17.8. The predicted octanol–water partition coefficient (Wildman–Crippen LogP) is 1.13. The summed E-state index contributed by atoms with van der Waals surface area (Å²) < 4.78 is 26.4. The second kappa shape index (κ2) is 7.56. The number of aryl methyl sites for hydroxylation is 1. The molecule has 7 nitrogen and oxygen atoms in total. The van der Waals surface area contributed by atoms with Gasteiger partial charge in [0.1, 0.15) is 6.04 Å². The molecule has 23 heavy (non-hydrogen) atoms. The quantitative estimate of drug-likeness (QED) is 0.687. The van der Waals surface area contributed by atoms with E-state index in [9.17, 15) is 18.0 Å². The van der Waals surface area contributed by atoms with Crippen molar-refractivity contribution < 1.29 is 23.1 Å². The number of nitrogens with one attached hydrogen (secondary N) is 2. The van der Waals surface area contributed by atoms with E-state index in [4.69, 9.17) is 5.11 Å². The van der Waals surface area contributed by atoms with Crippen LogP contribution < -0.4 is 10.0 Å². The van der Waals surface area contributed by atoms with Gasteiger partial charge in [0.05, 0.1) is 4.90 Å². The van der Waals surface area contributed by atoms with Gasteiger partial charge in [-0.3, -0.25) is 4.79 Å². The van der Waals surface area contributed by atoms with Gasteiger partial charge in [0.2, 0.25) is 10.0 Å². The van der Waals surface area contributed by atoms with Gasteiger partial charge in [0.25, 0.3) is 5.91 Å². The Morgan fingerprint density at radius 1 is 1.26 bits per heavy atom. The van der Waals surface area contributed by atoms with Crippen LogP contribution in [0.4, 0.5) is 0 Å². The topological polar surface area (TPSA) is 113 Å². The van der Waals surface area contributed by atoms with Gasteiger partial charge >= 0.3 is 5.97 Å². The number of carbonyl (C=O) groups excluding carboxylic acids is 1. The minimum Gasteiger partial charge on any atom is -0.480 e. The molecular weight excluding hydrogens is 320 g/mol. The highest BCUT2D eigenvalue weighted by molar-refractivity contribution is 7.89. The number of aliphatic carboxylic acids is 1. The minimum atomic E-state index is -3.69. The first-order chi connectivity index (χ1) is 10.6. The Labute approximate surface area is 136 Å². The van der Waals surface area contributed by atoms with Crippen LogP contribution in [0.25, 0.3) is 0 Å². The highest BCUT2D eigenvalue weighted by atomic mass is 32.2. The van der Waals surface area contributed by atoms with Gasteiger partial charge in [0.15, 0.2) is 0 Å².